The fourth-order valence-corrected chi connectivity index (χ4v) is 2.44. The third-order valence-electron chi connectivity index (χ3n) is 2.91. The monoisotopic (exact) mass is 413 g/mol. The number of hydrogen-bond acceptors (Lipinski definition) is 9. The highest BCUT2D eigenvalue weighted by molar-refractivity contribution is 7.51. The molecule has 27 heavy (non-hydrogen) atoms. The lowest BCUT2D eigenvalue weighted by molar-refractivity contribution is 0.0530. The smallest absolute Gasteiger partial charge is 0.434 e. The van der Waals surface area contributed by atoms with E-state index in [-0.39, 0.29) is 26.4 Å². The molecule has 0 radical (unpaired) electrons. The van der Waals surface area contributed by atoms with Crippen LogP contribution < -0.4 is 5.50 Å². The Bertz CT molecular complexity index is 412. The van der Waals surface area contributed by atoms with Crippen molar-refractivity contribution in [3.63, 3.8) is 0 Å². The molecule has 0 saturated carbocycles. The first-order valence-corrected chi connectivity index (χ1v) is 10.8. The van der Waals surface area contributed by atoms with E-state index >= 15 is 0 Å². The van der Waals surface area contributed by atoms with E-state index in [1.54, 1.807) is 0 Å². The number of carbonyl (C=O) groups is 2. The van der Waals surface area contributed by atoms with Crippen LogP contribution in [0.25, 0.3) is 0 Å². The first-order valence-electron chi connectivity index (χ1n) is 9.18. The van der Waals surface area contributed by atoms with Crippen molar-refractivity contribution in [1.29, 1.82) is 0 Å². The quantitative estimate of drug-likeness (QED) is 0.226. The lowest BCUT2D eigenvalue weighted by Gasteiger charge is -2.13. The highest BCUT2D eigenvalue weighted by Crippen LogP contribution is 2.39. The Morgan fingerprint density at radius 3 is 1.37 bits per heavy atom. The minimum atomic E-state index is -3.62. The third-order valence-corrected chi connectivity index (χ3v) is 3.99. The van der Waals surface area contributed by atoms with Crippen LogP contribution >= 0.6 is 7.75 Å². The van der Waals surface area contributed by atoms with Gasteiger partial charge in [-0.2, -0.15) is 0 Å². The molecule has 2 N–H and O–H groups in total. The van der Waals surface area contributed by atoms with Gasteiger partial charge in [0.2, 0.25) is 0 Å². The maximum absolute atomic E-state index is 11.9. The Hall–Kier alpha value is -1.35. The van der Waals surface area contributed by atoms with Crippen LogP contribution in [0.15, 0.2) is 0 Å². The zero-order valence-electron chi connectivity index (χ0n) is 16.2. The summed E-state index contributed by atoms with van der Waals surface area (Å²) in [7, 11) is -3.62. The van der Waals surface area contributed by atoms with Gasteiger partial charge in [-0.05, 0) is 38.5 Å². The molecule has 0 atom stereocenters. The van der Waals surface area contributed by atoms with Crippen LogP contribution in [0, 0.1) is 0 Å². The van der Waals surface area contributed by atoms with E-state index in [9.17, 15) is 14.2 Å². The average molecular weight is 413 g/mol. The van der Waals surface area contributed by atoms with Gasteiger partial charge in [0.05, 0.1) is 39.6 Å². The van der Waals surface area contributed by atoms with Crippen molar-refractivity contribution in [3.8, 4) is 0 Å². The molecule has 0 aliphatic rings. The lowest BCUT2D eigenvalue weighted by atomic mass is 10.3. The summed E-state index contributed by atoms with van der Waals surface area (Å²) in [5.74, 6) is 0. The molecule has 0 aliphatic carbocycles. The van der Waals surface area contributed by atoms with Crippen molar-refractivity contribution in [2.24, 2.45) is 5.50 Å². The highest BCUT2D eigenvalue weighted by Gasteiger charge is 2.17. The Kier molecular flexibility index (Phi) is 16.0. The van der Waals surface area contributed by atoms with E-state index in [0.29, 0.717) is 38.9 Å². The van der Waals surface area contributed by atoms with Crippen molar-refractivity contribution in [1.82, 2.24) is 0 Å². The Morgan fingerprint density at radius 1 is 0.667 bits per heavy atom. The molecular weight excluding hydrogens is 381 g/mol. The number of nitrogens with two attached hydrogens (primary N) is 1. The summed E-state index contributed by atoms with van der Waals surface area (Å²) in [6, 6.07) is 0. The molecule has 0 spiro atoms. The molecule has 10 nitrogen and oxygen atoms in total. The third kappa shape index (κ3) is 17.8. The second-order valence-electron chi connectivity index (χ2n) is 5.51. The summed E-state index contributed by atoms with van der Waals surface area (Å²) >= 11 is 0. The highest BCUT2D eigenvalue weighted by atomic mass is 31.2. The molecule has 11 heteroatoms. The van der Waals surface area contributed by atoms with Crippen molar-refractivity contribution >= 4 is 20.1 Å². The topological polar surface area (TPSA) is 133 Å². The van der Waals surface area contributed by atoms with Gasteiger partial charge in [-0.1, -0.05) is 13.8 Å². The van der Waals surface area contributed by atoms with E-state index in [4.69, 9.17) is 33.5 Å². The normalized spacial score (nSPS) is 11.1. The second kappa shape index (κ2) is 16.8. The van der Waals surface area contributed by atoms with Crippen LogP contribution in [-0.4, -0.2) is 52.0 Å². The first kappa shape index (κ1) is 25.6. The van der Waals surface area contributed by atoms with E-state index < -0.39 is 20.1 Å². The zero-order valence-corrected chi connectivity index (χ0v) is 17.1. The molecule has 0 aromatic rings. The first-order chi connectivity index (χ1) is 12.9. The van der Waals surface area contributed by atoms with Crippen molar-refractivity contribution in [2.75, 3.05) is 39.6 Å². The van der Waals surface area contributed by atoms with Gasteiger partial charge in [-0.25, -0.2) is 19.7 Å². The van der Waals surface area contributed by atoms with E-state index in [1.165, 1.54) is 0 Å². The van der Waals surface area contributed by atoms with Gasteiger partial charge in [0.15, 0.2) is 0 Å². The molecule has 0 amide bonds. The summed E-state index contributed by atoms with van der Waals surface area (Å²) in [4.78, 5) is 22.2. The molecule has 0 fully saturated rings. The van der Waals surface area contributed by atoms with Crippen LogP contribution in [0.4, 0.5) is 9.59 Å². The Morgan fingerprint density at radius 2 is 1.00 bits per heavy atom. The maximum Gasteiger partial charge on any atom is 0.508 e. The fraction of sp³-hybridized carbons (Fsp3) is 0.875. The molecular formula is C16H32NO9P. The van der Waals surface area contributed by atoms with Crippen LogP contribution in [-0.2, 0) is 32.6 Å². The van der Waals surface area contributed by atoms with Gasteiger partial charge in [-0.3, -0.25) is 9.05 Å². The van der Waals surface area contributed by atoms with Gasteiger partial charge in [0.1, 0.15) is 0 Å². The molecule has 0 rings (SSSR count). The van der Waals surface area contributed by atoms with Crippen molar-refractivity contribution < 1.29 is 42.1 Å². The SMILES string of the molecule is CCCOC(=O)OCCCCOP(N)(=O)OCCCCOC(=O)OCCC. The van der Waals surface area contributed by atoms with Crippen LogP contribution in [0.1, 0.15) is 52.4 Å². The van der Waals surface area contributed by atoms with Crippen LogP contribution in [0.5, 0.6) is 0 Å². The predicted octanol–water partition coefficient (Wildman–Crippen LogP) is 3.77. The van der Waals surface area contributed by atoms with Gasteiger partial charge < -0.3 is 18.9 Å². The van der Waals surface area contributed by atoms with Gasteiger partial charge in [-0.15, -0.1) is 0 Å². The molecule has 0 saturated heterocycles. The molecule has 0 heterocycles. The number of unbranched alkanes of at least 4 members (excludes halogenated alkanes) is 2. The van der Waals surface area contributed by atoms with Crippen molar-refractivity contribution in [3.05, 3.63) is 0 Å². The Balaban J connectivity index is 3.54. The molecule has 0 aromatic heterocycles. The molecule has 0 aromatic carbocycles. The molecule has 0 unspecified atom stereocenters. The second-order valence-corrected chi connectivity index (χ2v) is 7.11. The number of rotatable bonds is 16. The fourth-order valence-electron chi connectivity index (χ4n) is 1.59. The van der Waals surface area contributed by atoms with Crippen molar-refractivity contribution in [2.45, 2.75) is 52.4 Å². The predicted molar refractivity (Wildman–Crippen MR) is 97.3 cm³/mol. The van der Waals surface area contributed by atoms with E-state index in [2.05, 4.69) is 0 Å². The molecule has 0 bridgehead atoms. The van der Waals surface area contributed by atoms with Gasteiger partial charge in [0.25, 0.3) is 0 Å². The Labute approximate surface area is 160 Å². The minimum absolute atomic E-state index is 0.119. The summed E-state index contributed by atoms with van der Waals surface area (Å²) in [5, 5.41) is 0. The van der Waals surface area contributed by atoms with Crippen LogP contribution in [0.3, 0.4) is 0 Å². The summed E-state index contributed by atoms with van der Waals surface area (Å²) < 4.78 is 41.0. The lowest BCUT2D eigenvalue weighted by Crippen LogP contribution is -2.11. The van der Waals surface area contributed by atoms with Gasteiger partial charge >= 0.3 is 20.1 Å². The zero-order chi connectivity index (χ0) is 20.4. The molecule has 160 valence electrons. The van der Waals surface area contributed by atoms with Crippen LogP contribution in [0.2, 0.25) is 0 Å². The summed E-state index contributed by atoms with van der Waals surface area (Å²) in [5.41, 5.74) is 5.45. The number of carbonyl (C=O) groups excluding carboxylic acids is 2. The average Bonchev–Trinajstić information content (AvgIpc) is 2.63. The molecule has 0 aliphatic heterocycles. The maximum atomic E-state index is 11.9. The summed E-state index contributed by atoms with van der Waals surface area (Å²) in [6.45, 7) is 5.02. The number of ether oxygens (including phenoxy) is 4. The minimum Gasteiger partial charge on any atom is -0.434 e. The largest absolute Gasteiger partial charge is 0.508 e. The number of hydrogen-bond donors (Lipinski definition) is 1. The standard InChI is InChI=1S/C16H32NO9P/c1-3-9-21-15(18)23-11-5-7-13-25-27(17,20)26-14-8-6-12-24-16(19)22-10-4-2/h3-14H2,1-2H3,(H2,17,20). The van der Waals surface area contributed by atoms with Gasteiger partial charge in [0, 0.05) is 0 Å². The van der Waals surface area contributed by atoms with E-state index in [0.717, 1.165) is 12.8 Å². The van der Waals surface area contributed by atoms with E-state index in [1.807, 2.05) is 13.8 Å². The summed E-state index contributed by atoms with van der Waals surface area (Å²) in [6.07, 6.45) is 2.10.